The molecular weight excluding hydrogens is 324 g/mol. The molecule has 0 spiro atoms. The van der Waals surface area contributed by atoms with Crippen LogP contribution in [0.1, 0.15) is 10.4 Å². The zero-order valence-electron chi connectivity index (χ0n) is 13.9. The van der Waals surface area contributed by atoms with Gasteiger partial charge in [0.1, 0.15) is 5.75 Å². The second-order valence-electron chi connectivity index (χ2n) is 5.75. The molecule has 0 aliphatic heterocycles. The molecule has 1 heterocycles. The van der Waals surface area contributed by atoms with Gasteiger partial charge in [-0.05, 0) is 36.4 Å². The van der Waals surface area contributed by atoms with Crippen molar-refractivity contribution >= 4 is 22.5 Å². The first-order valence-corrected chi connectivity index (χ1v) is 8.28. The number of pyridine rings is 1. The molecule has 126 valence electrons. The lowest BCUT2D eigenvalue weighted by atomic mass is 10.1. The molecule has 0 saturated carbocycles. The molecule has 4 aromatic rings. The molecule has 1 aromatic heterocycles. The van der Waals surface area contributed by atoms with Crippen LogP contribution < -0.4 is 10.1 Å². The van der Waals surface area contributed by atoms with E-state index in [1.165, 1.54) is 0 Å². The van der Waals surface area contributed by atoms with Gasteiger partial charge in [0.25, 0.3) is 5.91 Å². The summed E-state index contributed by atoms with van der Waals surface area (Å²) in [5, 5.41) is 3.86. The van der Waals surface area contributed by atoms with Crippen LogP contribution in [0.2, 0.25) is 0 Å². The maximum Gasteiger partial charge on any atom is 0.257 e. The van der Waals surface area contributed by atoms with Gasteiger partial charge in [-0.2, -0.15) is 0 Å². The standard InChI is InChI=1S/C22H16N2O2/c25-22(18-12-6-8-16-9-7-15-23-21(16)18)24-19-13-4-5-14-20(19)26-17-10-2-1-3-11-17/h1-15H,(H,24,25). The fourth-order valence-corrected chi connectivity index (χ4v) is 2.75. The van der Waals surface area contributed by atoms with Crippen molar-refractivity contribution in [3.05, 3.63) is 96.7 Å². The summed E-state index contributed by atoms with van der Waals surface area (Å²) in [5.41, 5.74) is 1.81. The molecule has 0 aliphatic carbocycles. The normalized spacial score (nSPS) is 10.5. The van der Waals surface area contributed by atoms with Crippen LogP contribution in [0.4, 0.5) is 5.69 Å². The predicted molar refractivity (Wildman–Crippen MR) is 103 cm³/mol. The number of nitrogens with zero attached hydrogens (tertiary/aromatic N) is 1. The Labute approximate surface area is 151 Å². The summed E-state index contributed by atoms with van der Waals surface area (Å²) in [6.07, 6.45) is 1.69. The Kier molecular flexibility index (Phi) is 4.31. The largest absolute Gasteiger partial charge is 0.455 e. The van der Waals surface area contributed by atoms with E-state index in [0.29, 0.717) is 28.3 Å². The number of hydrogen-bond acceptors (Lipinski definition) is 3. The number of para-hydroxylation sites is 4. The van der Waals surface area contributed by atoms with Crippen molar-refractivity contribution in [3.63, 3.8) is 0 Å². The van der Waals surface area contributed by atoms with Gasteiger partial charge >= 0.3 is 0 Å². The van der Waals surface area contributed by atoms with Crippen molar-refractivity contribution in [2.45, 2.75) is 0 Å². The van der Waals surface area contributed by atoms with Gasteiger partial charge in [0.05, 0.1) is 16.8 Å². The van der Waals surface area contributed by atoms with Crippen molar-refractivity contribution in [2.75, 3.05) is 5.32 Å². The van der Waals surface area contributed by atoms with E-state index in [1.807, 2.05) is 78.9 Å². The van der Waals surface area contributed by atoms with Gasteiger partial charge in [0, 0.05) is 11.6 Å². The Hall–Kier alpha value is -3.66. The summed E-state index contributed by atoms with van der Waals surface area (Å²) in [7, 11) is 0. The summed E-state index contributed by atoms with van der Waals surface area (Å²) < 4.78 is 5.90. The van der Waals surface area contributed by atoms with Gasteiger partial charge in [-0.3, -0.25) is 9.78 Å². The van der Waals surface area contributed by atoms with E-state index in [9.17, 15) is 4.79 Å². The molecule has 0 bridgehead atoms. The third-order valence-corrected chi connectivity index (χ3v) is 3.98. The Morgan fingerprint density at radius 1 is 0.808 bits per heavy atom. The predicted octanol–water partition coefficient (Wildman–Crippen LogP) is 5.28. The number of anilines is 1. The first-order valence-electron chi connectivity index (χ1n) is 8.28. The van der Waals surface area contributed by atoms with E-state index < -0.39 is 0 Å². The molecular formula is C22H16N2O2. The van der Waals surface area contributed by atoms with Gasteiger partial charge in [0.2, 0.25) is 0 Å². The monoisotopic (exact) mass is 340 g/mol. The molecule has 4 heteroatoms. The van der Waals surface area contributed by atoms with Crippen molar-refractivity contribution < 1.29 is 9.53 Å². The minimum atomic E-state index is -0.224. The molecule has 0 fully saturated rings. The van der Waals surface area contributed by atoms with Crippen LogP contribution in [0.15, 0.2) is 91.1 Å². The van der Waals surface area contributed by atoms with Gasteiger partial charge in [-0.25, -0.2) is 0 Å². The molecule has 1 N–H and O–H groups in total. The maximum atomic E-state index is 12.8. The molecule has 26 heavy (non-hydrogen) atoms. The molecule has 0 atom stereocenters. The molecule has 4 rings (SSSR count). The molecule has 0 saturated heterocycles. The van der Waals surface area contributed by atoms with Crippen LogP contribution in [0, 0.1) is 0 Å². The highest BCUT2D eigenvalue weighted by Crippen LogP contribution is 2.29. The van der Waals surface area contributed by atoms with Crippen molar-refractivity contribution in [2.24, 2.45) is 0 Å². The lowest BCUT2D eigenvalue weighted by Crippen LogP contribution is -2.13. The minimum absolute atomic E-state index is 0.224. The van der Waals surface area contributed by atoms with Gasteiger partial charge < -0.3 is 10.1 Å². The summed E-state index contributed by atoms with van der Waals surface area (Å²) in [6, 6.07) is 26.2. The highest BCUT2D eigenvalue weighted by molar-refractivity contribution is 6.12. The summed E-state index contributed by atoms with van der Waals surface area (Å²) in [5.74, 6) is 1.07. The average molecular weight is 340 g/mol. The second kappa shape index (κ2) is 7.07. The van der Waals surface area contributed by atoms with E-state index in [0.717, 1.165) is 5.39 Å². The molecule has 0 unspecified atom stereocenters. The summed E-state index contributed by atoms with van der Waals surface area (Å²) >= 11 is 0. The number of fused-ring (bicyclic) bond motifs is 1. The number of nitrogens with one attached hydrogen (secondary N) is 1. The second-order valence-corrected chi connectivity index (χ2v) is 5.75. The maximum absolute atomic E-state index is 12.8. The van der Waals surface area contributed by atoms with Crippen LogP contribution in [0.25, 0.3) is 10.9 Å². The molecule has 1 amide bonds. The van der Waals surface area contributed by atoms with E-state index in [-0.39, 0.29) is 5.91 Å². The lowest BCUT2D eigenvalue weighted by Gasteiger charge is -2.13. The van der Waals surface area contributed by atoms with Crippen LogP contribution in [0.5, 0.6) is 11.5 Å². The third-order valence-electron chi connectivity index (χ3n) is 3.98. The van der Waals surface area contributed by atoms with Crippen LogP contribution in [0.3, 0.4) is 0 Å². The number of amides is 1. The van der Waals surface area contributed by atoms with Crippen molar-refractivity contribution in [1.29, 1.82) is 0 Å². The Balaban J connectivity index is 1.64. The first-order chi connectivity index (χ1) is 12.8. The fourth-order valence-electron chi connectivity index (χ4n) is 2.75. The SMILES string of the molecule is O=C(Nc1ccccc1Oc1ccccc1)c1cccc2cccnc12. The van der Waals surface area contributed by atoms with Crippen molar-refractivity contribution in [1.82, 2.24) is 4.98 Å². The number of hydrogen-bond donors (Lipinski definition) is 1. The fraction of sp³-hybridized carbons (Fsp3) is 0. The van der Waals surface area contributed by atoms with Crippen molar-refractivity contribution in [3.8, 4) is 11.5 Å². The van der Waals surface area contributed by atoms with Gasteiger partial charge in [0.15, 0.2) is 5.75 Å². The van der Waals surface area contributed by atoms with Crippen LogP contribution in [-0.2, 0) is 0 Å². The first kappa shape index (κ1) is 15.8. The Morgan fingerprint density at radius 3 is 2.46 bits per heavy atom. The Morgan fingerprint density at radius 2 is 1.58 bits per heavy atom. The van der Waals surface area contributed by atoms with Gasteiger partial charge in [-0.15, -0.1) is 0 Å². The molecule has 0 radical (unpaired) electrons. The summed E-state index contributed by atoms with van der Waals surface area (Å²) in [6.45, 7) is 0. The van der Waals surface area contributed by atoms with E-state index in [4.69, 9.17) is 4.74 Å². The third kappa shape index (κ3) is 3.26. The van der Waals surface area contributed by atoms with Crippen LogP contribution >= 0.6 is 0 Å². The lowest BCUT2D eigenvalue weighted by molar-refractivity contribution is 0.102. The highest BCUT2D eigenvalue weighted by atomic mass is 16.5. The number of ether oxygens (including phenoxy) is 1. The van der Waals surface area contributed by atoms with E-state index >= 15 is 0 Å². The minimum Gasteiger partial charge on any atom is -0.455 e. The number of aromatic nitrogens is 1. The zero-order chi connectivity index (χ0) is 17.8. The van der Waals surface area contributed by atoms with E-state index in [2.05, 4.69) is 10.3 Å². The highest BCUT2D eigenvalue weighted by Gasteiger charge is 2.13. The molecule has 3 aromatic carbocycles. The number of carbonyl (C=O) groups excluding carboxylic acids is 1. The smallest absolute Gasteiger partial charge is 0.257 e. The summed E-state index contributed by atoms with van der Waals surface area (Å²) in [4.78, 5) is 17.2. The number of benzene rings is 3. The molecule has 4 nitrogen and oxygen atoms in total. The Bertz CT molecular complexity index is 1060. The zero-order valence-corrected chi connectivity index (χ0v) is 13.9. The average Bonchev–Trinajstić information content (AvgIpc) is 2.70. The van der Waals surface area contributed by atoms with Gasteiger partial charge in [-0.1, -0.05) is 48.5 Å². The van der Waals surface area contributed by atoms with E-state index in [1.54, 1.807) is 12.3 Å². The number of rotatable bonds is 4. The quantitative estimate of drug-likeness (QED) is 0.550. The van der Waals surface area contributed by atoms with Crippen LogP contribution in [-0.4, -0.2) is 10.9 Å². The number of carbonyl (C=O) groups is 1. The topological polar surface area (TPSA) is 51.2 Å². The molecule has 0 aliphatic rings.